The molecule has 0 fully saturated rings. The maximum absolute atomic E-state index is 12.2. The molecule has 2 amide bonds. The molecule has 2 rings (SSSR count). The first kappa shape index (κ1) is 19.8. The molecule has 1 atom stereocenters. The fourth-order valence-electron chi connectivity index (χ4n) is 2.45. The number of likely N-dealkylation sites (N-methyl/N-ethyl adjacent to an activating group) is 1. The zero-order valence-corrected chi connectivity index (χ0v) is 15.8. The van der Waals surface area contributed by atoms with Gasteiger partial charge in [0.1, 0.15) is 5.75 Å². The maximum atomic E-state index is 12.2. The van der Waals surface area contributed by atoms with Gasteiger partial charge in [-0.25, -0.2) is 0 Å². The smallest absolute Gasteiger partial charge is 0.279 e. The molecular formula is C19H23ClN3O3+. The summed E-state index contributed by atoms with van der Waals surface area (Å²) in [5, 5.41) is 6.26. The van der Waals surface area contributed by atoms with E-state index in [0.717, 1.165) is 21.9 Å². The average Bonchev–Trinajstić information content (AvgIpc) is 2.57. The van der Waals surface area contributed by atoms with Crippen LogP contribution < -0.4 is 20.3 Å². The second-order valence-electron chi connectivity index (χ2n) is 6.09. The van der Waals surface area contributed by atoms with Crippen molar-refractivity contribution < 1.29 is 19.2 Å². The Balaban J connectivity index is 1.81. The van der Waals surface area contributed by atoms with Crippen molar-refractivity contribution in [2.45, 2.75) is 6.92 Å². The largest absolute Gasteiger partial charge is 0.497 e. The van der Waals surface area contributed by atoms with Crippen molar-refractivity contribution in [2.75, 3.05) is 37.9 Å². The Kier molecular flexibility index (Phi) is 7.00. The van der Waals surface area contributed by atoms with Crippen molar-refractivity contribution in [3.8, 4) is 5.75 Å². The molecule has 1 unspecified atom stereocenters. The molecule has 138 valence electrons. The molecule has 3 N–H and O–H groups in total. The van der Waals surface area contributed by atoms with Crippen LogP contribution in [0.3, 0.4) is 0 Å². The Morgan fingerprint density at radius 2 is 1.65 bits per heavy atom. The van der Waals surface area contributed by atoms with Crippen LogP contribution in [0.1, 0.15) is 5.56 Å². The number of rotatable bonds is 7. The van der Waals surface area contributed by atoms with E-state index in [2.05, 4.69) is 10.6 Å². The number of hydrogen-bond acceptors (Lipinski definition) is 3. The van der Waals surface area contributed by atoms with E-state index in [1.807, 2.05) is 6.92 Å². The second-order valence-corrected chi connectivity index (χ2v) is 6.53. The number of aryl methyl sites for hydroxylation is 1. The van der Waals surface area contributed by atoms with E-state index < -0.39 is 0 Å². The third kappa shape index (κ3) is 6.06. The van der Waals surface area contributed by atoms with Crippen LogP contribution in [0.4, 0.5) is 11.4 Å². The predicted molar refractivity (Wildman–Crippen MR) is 103 cm³/mol. The van der Waals surface area contributed by atoms with E-state index in [-0.39, 0.29) is 24.9 Å². The molecular weight excluding hydrogens is 354 g/mol. The molecule has 0 radical (unpaired) electrons. The van der Waals surface area contributed by atoms with Gasteiger partial charge < -0.3 is 20.3 Å². The number of hydrogen-bond donors (Lipinski definition) is 3. The van der Waals surface area contributed by atoms with E-state index in [9.17, 15) is 9.59 Å². The highest BCUT2D eigenvalue weighted by Crippen LogP contribution is 2.19. The molecule has 2 aromatic carbocycles. The summed E-state index contributed by atoms with van der Waals surface area (Å²) in [6, 6.07) is 12.4. The van der Waals surface area contributed by atoms with Gasteiger partial charge in [0.2, 0.25) is 0 Å². The molecule has 0 spiro atoms. The van der Waals surface area contributed by atoms with Gasteiger partial charge in [0.15, 0.2) is 13.1 Å². The minimum absolute atomic E-state index is 0.162. The Morgan fingerprint density at radius 1 is 1.04 bits per heavy atom. The van der Waals surface area contributed by atoms with Gasteiger partial charge in [-0.1, -0.05) is 11.6 Å². The Bertz CT molecular complexity index is 778. The van der Waals surface area contributed by atoms with Gasteiger partial charge in [-0.15, -0.1) is 0 Å². The van der Waals surface area contributed by atoms with E-state index in [1.165, 1.54) is 0 Å². The van der Waals surface area contributed by atoms with Crippen molar-refractivity contribution in [3.05, 3.63) is 53.1 Å². The van der Waals surface area contributed by atoms with Crippen molar-refractivity contribution in [3.63, 3.8) is 0 Å². The molecule has 0 heterocycles. The first-order valence-corrected chi connectivity index (χ1v) is 8.56. The summed E-state index contributed by atoms with van der Waals surface area (Å²) in [6.07, 6.45) is 0. The summed E-state index contributed by atoms with van der Waals surface area (Å²) < 4.78 is 5.08. The minimum atomic E-state index is -0.164. The Labute approximate surface area is 158 Å². The van der Waals surface area contributed by atoms with Crippen molar-refractivity contribution in [1.29, 1.82) is 0 Å². The molecule has 2 aromatic rings. The van der Waals surface area contributed by atoms with Gasteiger partial charge in [-0.3, -0.25) is 9.59 Å². The molecule has 6 nitrogen and oxygen atoms in total. The van der Waals surface area contributed by atoms with Crippen molar-refractivity contribution in [2.24, 2.45) is 0 Å². The number of quaternary nitrogens is 1. The third-order valence-electron chi connectivity index (χ3n) is 3.76. The highest BCUT2D eigenvalue weighted by Gasteiger charge is 2.15. The lowest BCUT2D eigenvalue weighted by atomic mass is 10.2. The highest BCUT2D eigenvalue weighted by atomic mass is 35.5. The van der Waals surface area contributed by atoms with Gasteiger partial charge in [0.05, 0.1) is 14.2 Å². The number of carbonyl (C=O) groups excluding carboxylic acids is 2. The lowest BCUT2D eigenvalue weighted by Crippen LogP contribution is -3.11. The zero-order chi connectivity index (χ0) is 19.1. The number of anilines is 2. The van der Waals surface area contributed by atoms with E-state index in [4.69, 9.17) is 16.3 Å². The van der Waals surface area contributed by atoms with Crippen LogP contribution in [0.15, 0.2) is 42.5 Å². The fourth-order valence-corrected chi connectivity index (χ4v) is 2.68. The quantitative estimate of drug-likeness (QED) is 0.689. The van der Waals surface area contributed by atoms with Crippen LogP contribution in [0.2, 0.25) is 5.02 Å². The molecule has 0 aliphatic heterocycles. The Hall–Kier alpha value is -2.57. The van der Waals surface area contributed by atoms with Gasteiger partial charge in [-0.05, 0) is 55.0 Å². The number of halogens is 1. The molecule has 7 heteroatoms. The lowest BCUT2D eigenvalue weighted by molar-refractivity contribution is -0.862. The zero-order valence-electron chi connectivity index (χ0n) is 15.1. The second kappa shape index (κ2) is 9.22. The van der Waals surface area contributed by atoms with Crippen molar-refractivity contribution in [1.82, 2.24) is 0 Å². The first-order chi connectivity index (χ1) is 12.4. The fraction of sp³-hybridized carbons (Fsp3) is 0.263. The number of methoxy groups -OCH3 is 1. The number of carbonyl (C=O) groups is 2. The Morgan fingerprint density at radius 3 is 2.23 bits per heavy atom. The monoisotopic (exact) mass is 376 g/mol. The van der Waals surface area contributed by atoms with Crippen LogP contribution >= 0.6 is 11.6 Å². The third-order valence-corrected chi connectivity index (χ3v) is 4.00. The normalized spacial score (nSPS) is 11.5. The summed E-state index contributed by atoms with van der Waals surface area (Å²) in [6.45, 7) is 2.23. The van der Waals surface area contributed by atoms with E-state index in [1.54, 1.807) is 56.6 Å². The predicted octanol–water partition coefficient (Wildman–Crippen LogP) is 1.75. The maximum Gasteiger partial charge on any atom is 0.279 e. The van der Waals surface area contributed by atoms with Gasteiger partial charge in [0, 0.05) is 16.4 Å². The number of amides is 2. The topological polar surface area (TPSA) is 71.9 Å². The summed E-state index contributed by atoms with van der Waals surface area (Å²) in [5.41, 5.74) is 2.29. The number of benzene rings is 2. The standard InChI is InChI=1S/C19H22ClN3O3/c1-13-10-14(20)4-9-17(13)22-19(25)12-23(2)11-18(24)21-15-5-7-16(26-3)8-6-15/h4-10H,11-12H2,1-3H3,(H,21,24)(H,22,25)/p+1. The van der Waals surface area contributed by atoms with Gasteiger partial charge in [0.25, 0.3) is 11.8 Å². The minimum Gasteiger partial charge on any atom is -0.497 e. The number of ether oxygens (including phenoxy) is 1. The molecule has 0 saturated carbocycles. The summed E-state index contributed by atoms with van der Waals surface area (Å²) in [7, 11) is 3.38. The molecule has 0 bridgehead atoms. The van der Waals surface area contributed by atoms with Crippen LogP contribution in [0.5, 0.6) is 5.75 Å². The van der Waals surface area contributed by atoms with Crippen LogP contribution in [-0.4, -0.2) is 39.1 Å². The average molecular weight is 377 g/mol. The summed E-state index contributed by atoms with van der Waals surface area (Å²) in [4.78, 5) is 25.0. The highest BCUT2D eigenvalue weighted by molar-refractivity contribution is 6.30. The first-order valence-electron chi connectivity index (χ1n) is 8.18. The van der Waals surface area contributed by atoms with Crippen LogP contribution in [-0.2, 0) is 9.59 Å². The molecule has 0 saturated heterocycles. The molecule has 0 aliphatic carbocycles. The van der Waals surface area contributed by atoms with Crippen molar-refractivity contribution >= 4 is 34.8 Å². The summed E-state index contributed by atoms with van der Waals surface area (Å²) >= 11 is 5.91. The van der Waals surface area contributed by atoms with E-state index >= 15 is 0 Å². The summed E-state index contributed by atoms with van der Waals surface area (Å²) in [5.74, 6) is 0.396. The molecule has 0 aromatic heterocycles. The van der Waals surface area contributed by atoms with Gasteiger partial charge in [-0.2, -0.15) is 0 Å². The molecule has 26 heavy (non-hydrogen) atoms. The lowest BCUT2D eigenvalue weighted by Gasteiger charge is -2.14. The number of nitrogens with one attached hydrogen (secondary N) is 3. The van der Waals surface area contributed by atoms with Crippen LogP contribution in [0.25, 0.3) is 0 Å². The van der Waals surface area contributed by atoms with Crippen LogP contribution in [0, 0.1) is 6.92 Å². The van der Waals surface area contributed by atoms with Gasteiger partial charge >= 0.3 is 0 Å². The SMILES string of the molecule is COc1ccc(NC(=O)C[NH+](C)CC(=O)Nc2ccc(Cl)cc2C)cc1. The molecule has 0 aliphatic rings. The van der Waals surface area contributed by atoms with E-state index in [0.29, 0.717) is 10.7 Å².